The molecule has 0 nitrogen and oxygen atoms in total. The van der Waals surface area contributed by atoms with E-state index in [-0.39, 0.29) is 11.6 Å². The van der Waals surface area contributed by atoms with Gasteiger partial charge in [0.05, 0.1) is 5.38 Å². The van der Waals surface area contributed by atoms with Gasteiger partial charge in [0.25, 0.3) is 0 Å². The van der Waals surface area contributed by atoms with Gasteiger partial charge in [-0.05, 0) is 43.4 Å². The Bertz CT molecular complexity index is 425. The van der Waals surface area contributed by atoms with Gasteiger partial charge < -0.3 is 0 Å². The maximum Gasteiger partial charge on any atom is 0.128 e. The number of aryl methyl sites for hydroxylation is 1. The summed E-state index contributed by atoms with van der Waals surface area (Å²) in [5.74, 6) is -0.0457. The van der Waals surface area contributed by atoms with Gasteiger partial charge in [-0.15, -0.1) is 11.6 Å². The zero-order chi connectivity index (χ0) is 13.8. The topological polar surface area (TPSA) is 0 Å². The molecule has 1 aromatic carbocycles. The van der Waals surface area contributed by atoms with Gasteiger partial charge >= 0.3 is 0 Å². The van der Waals surface area contributed by atoms with Crippen LogP contribution in [-0.2, 0) is 0 Å². The van der Waals surface area contributed by atoms with Gasteiger partial charge in [-0.1, -0.05) is 32.1 Å². The summed E-state index contributed by atoms with van der Waals surface area (Å²) >= 11 is 6.25. The number of halogens is 3. The van der Waals surface area contributed by atoms with Crippen molar-refractivity contribution in [3.8, 4) is 0 Å². The smallest absolute Gasteiger partial charge is 0.128 e. The molecule has 1 atom stereocenters. The first-order chi connectivity index (χ1) is 9.08. The van der Waals surface area contributed by atoms with Crippen LogP contribution in [-0.4, -0.2) is 0 Å². The highest BCUT2D eigenvalue weighted by atomic mass is 35.5. The van der Waals surface area contributed by atoms with Crippen molar-refractivity contribution < 1.29 is 8.78 Å². The molecule has 0 heterocycles. The van der Waals surface area contributed by atoms with Crippen LogP contribution in [0.25, 0.3) is 0 Å². The summed E-state index contributed by atoms with van der Waals surface area (Å²) in [5, 5.41) is -0.419. The zero-order valence-electron chi connectivity index (χ0n) is 11.4. The summed E-state index contributed by atoms with van der Waals surface area (Å²) in [6, 6.07) is 2.49. The van der Waals surface area contributed by atoms with Crippen LogP contribution in [0.15, 0.2) is 12.1 Å². The van der Waals surface area contributed by atoms with Crippen molar-refractivity contribution in [2.24, 2.45) is 5.92 Å². The average molecular weight is 287 g/mol. The number of hydrogen-bond acceptors (Lipinski definition) is 0. The Morgan fingerprint density at radius 2 is 1.84 bits per heavy atom. The second-order valence-electron chi connectivity index (χ2n) is 5.67. The monoisotopic (exact) mass is 286 g/mol. The molecule has 2 rings (SSSR count). The minimum absolute atomic E-state index is 0.306. The molecule has 1 aliphatic carbocycles. The largest absolute Gasteiger partial charge is 0.207 e. The molecule has 0 aromatic heterocycles. The number of benzene rings is 1. The third-order valence-corrected chi connectivity index (χ3v) is 4.62. The summed E-state index contributed by atoms with van der Waals surface area (Å²) in [6.45, 7) is 1.56. The fourth-order valence-corrected chi connectivity index (χ4v) is 3.21. The normalized spacial score (nSPS) is 18.5. The maximum absolute atomic E-state index is 13.8. The van der Waals surface area contributed by atoms with Crippen molar-refractivity contribution in [2.75, 3.05) is 0 Å². The molecule has 0 N–H and O–H groups in total. The molecule has 0 aliphatic heterocycles. The van der Waals surface area contributed by atoms with Crippen LogP contribution in [0.2, 0.25) is 0 Å². The molecule has 1 aromatic rings. The van der Waals surface area contributed by atoms with Gasteiger partial charge in [-0.25, -0.2) is 8.78 Å². The number of alkyl halides is 1. The molecule has 3 heteroatoms. The van der Waals surface area contributed by atoms with Gasteiger partial charge in [0.2, 0.25) is 0 Å². The van der Waals surface area contributed by atoms with E-state index in [4.69, 9.17) is 11.6 Å². The molecular weight excluding hydrogens is 266 g/mol. The molecule has 0 bridgehead atoms. The highest BCUT2D eigenvalue weighted by Gasteiger charge is 2.19. The second kappa shape index (κ2) is 6.69. The zero-order valence-corrected chi connectivity index (χ0v) is 12.1. The van der Waals surface area contributed by atoms with E-state index in [2.05, 4.69) is 0 Å². The Hall–Kier alpha value is -0.630. The van der Waals surface area contributed by atoms with Crippen molar-refractivity contribution in [1.29, 1.82) is 0 Å². The molecule has 0 saturated heterocycles. The SMILES string of the molecule is Cc1cc(F)c(C(Cl)CCC2CCCCC2)cc1F. The minimum atomic E-state index is -0.419. The Kier molecular flexibility index (Phi) is 5.20. The van der Waals surface area contributed by atoms with Gasteiger partial charge in [-0.3, -0.25) is 0 Å². The Labute approximate surface area is 119 Å². The average Bonchev–Trinajstić information content (AvgIpc) is 2.41. The fraction of sp³-hybridized carbons (Fsp3) is 0.625. The van der Waals surface area contributed by atoms with E-state index in [1.165, 1.54) is 44.2 Å². The maximum atomic E-state index is 13.8. The third kappa shape index (κ3) is 3.92. The minimum Gasteiger partial charge on any atom is -0.207 e. The van der Waals surface area contributed by atoms with Crippen LogP contribution in [0.4, 0.5) is 8.78 Å². The summed E-state index contributed by atoms with van der Waals surface area (Å²) in [4.78, 5) is 0. The van der Waals surface area contributed by atoms with Crippen molar-refractivity contribution in [1.82, 2.24) is 0 Å². The van der Waals surface area contributed by atoms with E-state index >= 15 is 0 Å². The molecule has 1 saturated carbocycles. The highest BCUT2D eigenvalue weighted by molar-refractivity contribution is 6.20. The quantitative estimate of drug-likeness (QED) is 0.603. The van der Waals surface area contributed by atoms with Crippen LogP contribution >= 0.6 is 11.6 Å². The molecule has 1 fully saturated rings. The summed E-state index contributed by atoms with van der Waals surface area (Å²) in [6.07, 6.45) is 8.19. The van der Waals surface area contributed by atoms with Crippen LogP contribution in [0.5, 0.6) is 0 Å². The summed E-state index contributed by atoms with van der Waals surface area (Å²) in [5.41, 5.74) is 0.637. The molecule has 106 valence electrons. The molecule has 19 heavy (non-hydrogen) atoms. The Morgan fingerprint density at radius 1 is 1.16 bits per heavy atom. The highest BCUT2D eigenvalue weighted by Crippen LogP contribution is 2.34. The van der Waals surface area contributed by atoms with Crippen LogP contribution in [0.1, 0.15) is 61.4 Å². The van der Waals surface area contributed by atoms with Crippen molar-refractivity contribution in [3.05, 3.63) is 34.9 Å². The molecule has 0 amide bonds. The van der Waals surface area contributed by atoms with E-state index in [0.29, 0.717) is 17.0 Å². The van der Waals surface area contributed by atoms with Crippen LogP contribution in [0, 0.1) is 24.5 Å². The molecule has 0 spiro atoms. The van der Waals surface area contributed by atoms with Gasteiger partial charge in [-0.2, -0.15) is 0 Å². The number of rotatable bonds is 4. The molecule has 0 radical (unpaired) electrons. The lowest BCUT2D eigenvalue weighted by molar-refractivity contribution is 0.330. The molecule has 1 aliphatic rings. The van der Waals surface area contributed by atoms with Gasteiger partial charge in [0.15, 0.2) is 0 Å². The van der Waals surface area contributed by atoms with Gasteiger partial charge in [0, 0.05) is 5.56 Å². The van der Waals surface area contributed by atoms with Crippen molar-refractivity contribution >= 4 is 11.6 Å². The third-order valence-electron chi connectivity index (χ3n) is 4.17. The summed E-state index contributed by atoms with van der Waals surface area (Å²) < 4.78 is 27.3. The van der Waals surface area contributed by atoms with Crippen molar-refractivity contribution in [3.63, 3.8) is 0 Å². The van der Waals surface area contributed by atoms with E-state index in [1.54, 1.807) is 6.92 Å². The van der Waals surface area contributed by atoms with Crippen LogP contribution < -0.4 is 0 Å². The van der Waals surface area contributed by atoms with E-state index < -0.39 is 5.38 Å². The van der Waals surface area contributed by atoms with Crippen molar-refractivity contribution in [2.45, 2.75) is 57.2 Å². The first-order valence-corrected chi connectivity index (χ1v) is 7.61. The standard InChI is InChI=1S/C16H21ClF2/c1-11-9-16(19)13(10-15(11)18)14(17)8-7-12-5-3-2-4-6-12/h9-10,12,14H,2-8H2,1H3. The second-order valence-corrected chi connectivity index (χ2v) is 6.20. The fourth-order valence-electron chi connectivity index (χ4n) is 2.92. The lowest BCUT2D eigenvalue weighted by atomic mass is 9.85. The first kappa shape index (κ1) is 14.8. The first-order valence-electron chi connectivity index (χ1n) is 7.17. The van der Waals surface area contributed by atoms with Crippen LogP contribution in [0.3, 0.4) is 0 Å². The number of hydrogen-bond donors (Lipinski definition) is 0. The lowest BCUT2D eigenvalue weighted by Gasteiger charge is -2.22. The molecular formula is C16H21ClF2. The predicted octanol–water partition coefficient (Wildman–Crippen LogP) is 5.91. The van der Waals surface area contributed by atoms with Gasteiger partial charge in [0.1, 0.15) is 11.6 Å². The Morgan fingerprint density at radius 3 is 2.53 bits per heavy atom. The van der Waals surface area contributed by atoms with E-state index in [0.717, 1.165) is 12.8 Å². The van der Waals surface area contributed by atoms with E-state index in [9.17, 15) is 8.78 Å². The molecule has 1 unspecified atom stereocenters. The summed E-state index contributed by atoms with van der Waals surface area (Å²) in [7, 11) is 0. The Balaban J connectivity index is 1.95. The lowest BCUT2D eigenvalue weighted by Crippen LogP contribution is -2.07. The van der Waals surface area contributed by atoms with E-state index in [1.807, 2.05) is 0 Å². The predicted molar refractivity (Wildman–Crippen MR) is 75.5 cm³/mol.